The maximum atomic E-state index is 13.1. The van der Waals surface area contributed by atoms with Crippen LogP contribution in [-0.2, 0) is 19.1 Å². The van der Waals surface area contributed by atoms with Crippen molar-refractivity contribution >= 4 is 11.9 Å². The van der Waals surface area contributed by atoms with Gasteiger partial charge in [0.05, 0.1) is 13.2 Å². The highest BCUT2D eigenvalue weighted by Crippen LogP contribution is 2.23. The summed E-state index contributed by atoms with van der Waals surface area (Å²) in [5, 5.41) is 0. The summed E-state index contributed by atoms with van der Waals surface area (Å²) in [7, 11) is 0. The Bertz CT molecular complexity index is 552. The summed E-state index contributed by atoms with van der Waals surface area (Å²) in [6.07, 6.45) is 23.8. The Hall–Kier alpha value is -1.32. The molecular formula is C32H60O4. The maximum absolute atomic E-state index is 13.1. The highest BCUT2D eigenvalue weighted by Gasteiger charge is 2.23. The van der Waals surface area contributed by atoms with Gasteiger partial charge in [-0.1, -0.05) is 130 Å². The van der Waals surface area contributed by atoms with Crippen LogP contribution in [0.1, 0.15) is 169 Å². The molecule has 0 saturated heterocycles. The molecule has 0 aliphatic carbocycles. The fraction of sp³-hybridized carbons (Fsp3) is 0.875. The normalized spacial score (nSPS) is 11.9. The van der Waals surface area contributed by atoms with E-state index in [0.717, 1.165) is 51.4 Å². The lowest BCUT2D eigenvalue weighted by atomic mass is 9.97. The van der Waals surface area contributed by atoms with Gasteiger partial charge in [-0.2, -0.15) is 0 Å². The second-order valence-corrected chi connectivity index (χ2v) is 10.4. The Morgan fingerprint density at radius 1 is 0.389 bits per heavy atom. The lowest BCUT2D eigenvalue weighted by Crippen LogP contribution is -2.18. The number of carbonyl (C=O) groups is 2. The number of unbranched alkanes of at least 4 members (excludes halogenated alkanes) is 16. The summed E-state index contributed by atoms with van der Waals surface area (Å²) in [5.74, 6) is -0.589. The van der Waals surface area contributed by atoms with E-state index in [1.54, 1.807) is 0 Å². The minimum atomic E-state index is -0.297. The van der Waals surface area contributed by atoms with Crippen LogP contribution >= 0.6 is 0 Å². The molecule has 0 aliphatic heterocycles. The molecule has 0 aromatic heterocycles. The molecule has 0 amide bonds. The topological polar surface area (TPSA) is 52.6 Å². The summed E-state index contributed by atoms with van der Waals surface area (Å²) in [6, 6.07) is 0. The van der Waals surface area contributed by atoms with Gasteiger partial charge in [0.2, 0.25) is 0 Å². The summed E-state index contributed by atoms with van der Waals surface area (Å²) in [6.45, 7) is 9.65. The van der Waals surface area contributed by atoms with Gasteiger partial charge in [-0.15, -0.1) is 0 Å². The minimum Gasteiger partial charge on any atom is -0.462 e. The van der Waals surface area contributed by atoms with E-state index in [2.05, 4.69) is 27.7 Å². The van der Waals surface area contributed by atoms with Crippen molar-refractivity contribution in [2.24, 2.45) is 0 Å². The average molecular weight is 509 g/mol. The second-order valence-electron chi connectivity index (χ2n) is 10.4. The molecule has 0 rings (SSSR count). The maximum Gasteiger partial charge on any atom is 0.334 e. The van der Waals surface area contributed by atoms with E-state index in [1.165, 1.54) is 77.0 Å². The van der Waals surface area contributed by atoms with Gasteiger partial charge in [-0.05, 0) is 38.5 Å². The number of rotatable bonds is 26. The van der Waals surface area contributed by atoms with Gasteiger partial charge >= 0.3 is 11.9 Å². The predicted molar refractivity (Wildman–Crippen MR) is 153 cm³/mol. The Labute approximate surface area is 224 Å². The van der Waals surface area contributed by atoms with Crippen LogP contribution in [0, 0.1) is 0 Å². The lowest BCUT2D eigenvalue weighted by Gasteiger charge is -2.15. The number of carbonyl (C=O) groups excluding carboxylic acids is 2. The van der Waals surface area contributed by atoms with Gasteiger partial charge in [0.1, 0.15) is 0 Å². The third kappa shape index (κ3) is 19.8. The van der Waals surface area contributed by atoms with Gasteiger partial charge in [0.25, 0.3) is 0 Å². The van der Waals surface area contributed by atoms with Crippen LogP contribution < -0.4 is 0 Å². The Morgan fingerprint density at radius 2 is 0.694 bits per heavy atom. The van der Waals surface area contributed by atoms with E-state index in [0.29, 0.717) is 37.2 Å². The summed E-state index contributed by atoms with van der Waals surface area (Å²) < 4.78 is 11.4. The van der Waals surface area contributed by atoms with Crippen molar-refractivity contribution in [1.29, 1.82) is 0 Å². The molecule has 4 nitrogen and oxygen atoms in total. The highest BCUT2D eigenvalue weighted by atomic mass is 16.5. The van der Waals surface area contributed by atoms with Crippen LogP contribution in [0.2, 0.25) is 0 Å². The molecule has 0 fully saturated rings. The van der Waals surface area contributed by atoms with E-state index >= 15 is 0 Å². The average Bonchev–Trinajstić information content (AvgIpc) is 2.88. The van der Waals surface area contributed by atoms with E-state index in [-0.39, 0.29) is 11.9 Å². The number of esters is 2. The molecule has 36 heavy (non-hydrogen) atoms. The van der Waals surface area contributed by atoms with E-state index in [4.69, 9.17) is 9.47 Å². The smallest absolute Gasteiger partial charge is 0.334 e. The highest BCUT2D eigenvalue weighted by molar-refractivity contribution is 6.00. The summed E-state index contributed by atoms with van der Waals surface area (Å²) in [4.78, 5) is 26.2. The largest absolute Gasteiger partial charge is 0.462 e. The zero-order valence-electron chi connectivity index (χ0n) is 24.6. The minimum absolute atomic E-state index is 0.292. The van der Waals surface area contributed by atoms with Gasteiger partial charge in [0, 0.05) is 11.1 Å². The summed E-state index contributed by atoms with van der Waals surface area (Å²) >= 11 is 0. The number of hydrogen-bond acceptors (Lipinski definition) is 4. The molecule has 0 aromatic carbocycles. The van der Waals surface area contributed by atoms with Crippen molar-refractivity contribution in [3.05, 3.63) is 11.1 Å². The molecular weight excluding hydrogens is 448 g/mol. The molecule has 0 aromatic rings. The first-order valence-electron chi connectivity index (χ1n) is 15.7. The molecule has 212 valence electrons. The molecule has 0 bridgehead atoms. The first kappa shape index (κ1) is 34.7. The van der Waals surface area contributed by atoms with Crippen LogP contribution in [0.15, 0.2) is 11.1 Å². The van der Waals surface area contributed by atoms with E-state index in [9.17, 15) is 9.59 Å². The number of hydrogen-bond donors (Lipinski definition) is 0. The first-order valence-corrected chi connectivity index (χ1v) is 15.7. The first-order chi connectivity index (χ1) is 17.6. The molecule has 0 saturated carbocycles. The Morgan fingerprint density at radius 3 is 1.08 bits per heavy atom. The zero-order chi connectivity index (χ0) is 26.7. The van der Waals surface area contributed by atoms with Crippen LogP contribution in [-0.4, -0.2) is 25.2 Å². The monoisotopic (exact) mass is 508 g/mol. The van der Waals surface area contributed by atoms with E-state index < -0.39 is 0 Å². The molecule has 0 atom stereocenters. The zero-order valence-corrected chi connectivity index (χ0v) is 24.6. The van der Waals surface area contributed by atoms with Crippen LogP contribution in [0.25, 0.3) is 0 Å². The molecule has 4 heteroatoms. The third-order valence-electron chi connectivity index (χ3n) is 6.88. The van der Waals surface area contributed by atoms with Crippen molar-refractivity contribution in [2.45, 2.75) is 169 Å². The molecule has 0 spiro atoms. The quantitative estimate of drug-likeness (QED) is 0.0662. The van der Waals surface area contributed by atoms with Crippen LogP contribution in [0.4, 0.5) is 0 Å². The Kier molecular flexibility index (Phi) is 25.8. The Balaban J connectivity index is 5.06. The fourth-order valence-electron chi connectivity index (χ4n) is 4.46. The lowest BCUT2D eigenvalue weighted by molar-refractivity contribution is -0.142. The van der Waals surface area contributed by atoms with Crippen LogP contribution in [0.5, 0.6) is 0 Å². The molecule has 0 N–H and O–H groups in total. The van der Waals surface area contributed by atoms with Crippen molar-refractivity contribution in [3.63, 3.8) is 0 Å². The fourth-order valence-corrected chi connectivity index (χ4v) is 4.46. The van der Waals surface area contributed by atoms with Gasteiger partial charge in [-0.3, -0.25) is 0 Å². The van der Waals surface area contributed by atoms with Gasteiger partial charge in [-0.25, -0.2) is 9.59 Å². The predicted octanol–water partition coefficient (Wildman–Crippen LogP) is 10.0. The molecule has 0 aliphatic rings. The van der Waals surface area contributed by atoms with Gasteiger partial charge in [0.15, 0.2) is 0 Å². The molecule has 0 radical (unpaired) electrons. The van der Waals surface area contributed by atoms with Crippen LogP contribution in [0.3, 0.4) is 0 Å². The van der Waals surface area contributed by atoms with Crippen molar-refractivity contribution < 1.29 is 19.1 Å². The van der Waals surface area contributed by atoms with E-state index in [1.807, 2.05) is 0 Å². The number of ether oxygens (including phenoxy) is 2. The molecule has 0 heterocycles. The summed E-state index contributed by atoms with van der Waals surface area (Å²) in [5.41, 5.74) is 1.15. The molecule has 0 unspecified atom stereocenters. The third-order valence-corrected chi connectivity index (χ3v) is 6.88. The van der Waals surface area contributed by atoms with Crippen molar-refractivity contribution in [3.8, 4) is 0 Å². The van der Waals surface area contributed by atoms with Crippen molar-refractivity contribution in [1.82, 2.24) is 0 Å². The second kappa shape index (κ2) is 26.7. The standard InChI is InChI=1S/C32H60O4/c1-5-9-13-16-19-22-26-30(32(34)36-28-24-21-18-15-11-7-3)29(25-12-8-4)31(33)35-27-23-20-17-14-10-6-2/h5-28H2,1-4H3/b30-29-. The SMILES string of the molecule is CCCCCCCCOC(=O)/C(CCCC)=C(/CCCCCCCC)C(=O)OCCCCCCCC. The van der Waals surface area contributed by atoms with Gasteiger partial charge < -0.3 is 9.47 Å². The van der Waals surface area contributed by atoms with Crippen molar-refractivity contribution in [2.75, 3.05) is 13.2 Å².